The molecule has 0 saturated heterocycles. The highest BCUT2D eigenvalue weighted by atomic mass is 35.5. The highest BCUT2D eigenvalue weighted by Gasteiger charge is 2.14. The predicted molar refractivity (Wildman–Crippen MR) is 67.6 cm³/mol. The summed E-state index contributed by atoms with van der Waals surface area (Å²) >= 11 is 11.8. The molecule has 0 saturated carbocycles. The maximum Gasteiger partial charge on any atom is 0.510 e. The van der Waals surface area contributed by atoms with E-state index in [-0.39, 0.29) is 5.59 Å². The van der Waals surface area contributed by atoms with E-state index in [1.165, 1.54) is 6.07 Å². The largest absolute Gasteiger partial charge is 0.510 e. The minimum Gasteiger partial charge on any atom is -0.422 e. The number of rotatable bonds is 3. The average molecular weight is 271 g/mol. The van der Waals surface area contributed by atoms with Gasteiger partial charge >= 0.3 is 7.12 Å². The number of halogens is 2. The van der Waals surface area contributed by atoms with Crippen molar-refractivity contribution in [3.8, 4) is 0 Å². The van der Waals surface area contributed by atoms with Crippen molar-refractivity contribution in [2.24, 2.45) is 0 Å². The van der Waals surface area contributed by atoms with Crippen LogP contribution in [-0.2, 0) is 6.54 Å². The predicted octanol–water partition coefficient (Wildman–Crippen LogP) is 0.918. The van der Waals surface area contributed by atoms with Gasteiger partial charge in [-0.25, -0.2) is 0 Å². The van der Waals surface area contributed by atoms with Crippen molar-refractivity contribution in [2.45, 2.75) is 6.54 Å². The highest BCUT2D eigenvalue weighted by Crippen LogP contribution is 2.21. The molecule has 0 amide bonds. The molecule has 2 aromatic rings. The Bertz CT molecular complexity index is 531. The first-order valence-corrected chi connectivity index (χ1v) is 5.65. The molecular formula is C10H9BCl2N2O2. The van der Waals surface area contributed by atoms with Gasteiger partial charge in [-0.3, -0.25) is 4.68 Å². The van der Waals surface area contributed by atoms with E-state index < -0.39 is 7.12 Å². The Morgan fingerprint density at radius 2 is 2.00 bits per heavy atom. The number of hydrogen-bond donors (Lipinski definition) is 2. The lowest BCUT2D eigenvalue weighted by molar-refractivity contribution is 0.423. The van der Waals surface area contributed by atoms with Gasteiger partial charge in [0.25, 0.3) is 0 Å². The Morgan fingerprint density at radius 3 is 2.59 bits per heavy atom. The molecule has 0 aliphatic rings. The Balaban J connectivity index is 2.19. The van der Waals surface area contributed by atoms with Gasteiger partial charge in [-0.15, -0.1) is 0 Å². The minimum atomic E-state index is -1.56. The first kappa shape index (κ1) is 12.5. The number of benzene rings is 1. The van der Waals surface area contributed by atoms with Gasteiger partial charge in [0.05, 0.1) is 12.1 Å². The van der Waals surface area contributed by atoms with E-state index in [1.807, 2.05) is 0 Å². The van der Waals surface area contributed by atoms with Gasteiger partial charge in [0.2, 0.25) is 0 Å². The lowest BCUT2D eigenvalue weighted by Gasteiger charge is -2.05. The molecule has 7 heteroatoms. The number of hydrogen-bond acceptors (Lipinski definition) is 3. The molecule has 1 aromatic carbocycles. The summed E-state index contributed by atoms with van der Waals surface area (Å²) in [4.78, 5) is 0. The zero-order valence-electron chi connectivity index (χ0n) is 8.72. The van der Waals surface area contributed by atoms with Gasteiger partial charge in [0, 0.05) is 16.2 Å². The second-order valence-corrected chi connectivity index (χ2v) is 4.39. The van der Waals surface area contributed by atoms with Crippen LogP contribution in [0.25, 0.3) is 0 Å². The van der Waals surface area contributed by atoms with Crippen LogP contribution in [0.5, 0.6) is 0 Å². The molecule has 0 aliphatic heterocycles. The van der Waals surface area contributed by atoms with Gasteiger partial charge in [-0.2, -0.15) is 5.10 Å². The Morgan fingerprint density at radius 1 is 1.24 bits per heavy atom. The molecule has 1 heterocycles. The maximum absolute atomic E-state index is 8.93. The molecule has 0 spiro atoms. The van der Waals surface area contributed by atoms with Crippen molar-refractivity contribution in [2.75, 3.05) is 0 Å². The smallest absolute Gasteiger partial charge is 0.422 e. The van der Waals surface area contributed by atoms with Crippen LogP contribution in [0.4, 0.5) is 0 Å². The van der Waals surface area contributed by atoms with E-state index in [0.29, 0.717) is 16.6 Å². The molecule has 0 atom stereocenters. The summed E-state index contributed by atoms with van der Waals surface area (Å²) < 4.78 is 1.57. The zero-order valence-corrected chi connectivity index (χ0v) is 10.2. The van der Waals surface area contributed by atoms with Crippen molar-refractivity contribution in [3.63, 3.8) is 0 Å². The van der Waals surface area contributed by atoms with Gasteiger partial charge in [-0.05, 0) is 23.8 Å². The molecule has 0 fully saturated rings. The summed E-state index contributed by atoms with van der Waals surface area (Å²) in [6.07, 6.45) is 1.65. The summed E-state index contributed by atoms with van der Waals surface area (Å²) in [7, 11) is -1.56. The Labute approximate surface area is 109 Å². The highest BCUT2D eigenvalue weighted by molar-refractivity contribution is 6.57. The van der Waals surface area contributed by atoms with Gasteiger partial charge in [-0.1, -0.05) is 29.3 Å². The van der Waals surface area contributed by atoms with Crippen molar-refractivity contribution in [1.29, 1.82) is 0 Å². The van der Waals surface area contributed by atoms with Crippen LogP contribution >= 0.6 is 23.2 Å². The van der Waals surface area contributed by atoms with E-state index in [4.69, 9.17) is 33.2 Å². The van der Waals surface area contributed by atoms with Crippen LogP contribution in [0.15, 0.2) is 30.5 Å². The van der Waals surface area contributed by atoms with E-state index in [1.54, 1.807) is 29.1 Å². The lowest BCUT2D eigenvalue weighted by Crippen LogP contribution is -2.31. The molecule has 0 unspecified atom stereocenters. The second kappa shape index (κ2) is 5.10. The summed E-state index contributed by atoms with van der Waals surface area (Å²) in [6, 6.07) is 6.74. The Kier molecular flexibility index (Phi) is 3.74. The first-order chi connectivity index (χ1) is 8.06. The summed E-state index contributed by atoms with van der Waals surface area (Å²) in [5.74, 6) is 0. The summed E-state index contributed by atoms with van der Waals surface area (Å²) in [5.41, 5.74) is 1.06. The average Bonchev–Trinajstić information content (AvgIpc) is 2.71. The summed E-state index contributed by atoms with van der Waals surface area (Å²) in [6.45, 7) is 0.447. The fraction of sp³-hybridized carbons (Fsp3) is 0.100. The van der Waals surface area contributed by atoms with Crippen LogP contribution < -0.4 is 5.59 Å². The third-order valence-electron chi connectivity index (χ3n) is 2.27. The minimum absolute atomic E-state index is 0.204. The molecule has 0 bridgehead atoms. The topological polar surface area (TPSA) is 58.3 Å². The van der Waals surface area contributed by atoms with Crippen LogP contribution in [0.2, 0.25) is 10.0 Å². The van der Waals surface area contributed by atoms with Crippen LogP contribution in [-0.4, -0.2) is 26.9 Å². The molecule has 88 valence electrons. The molecule has 2 N–H and O–H groups in total. The zero-order chi connectivity index (χ0) is 12.4. The van der Waals surface area contributed by atoms with E-state index in [0.717, 1.165) is 5.56 Å². The lowest BCUT2D eigenvalue weighted by atomic mass is 9.87. The van der Waals surface area contributed by atoms with Crippen LogP contribution in [0.3, 0.4) is 0 Å². The molecule has 2 rings (SSSR count). The van der Waals surface area contributed by atoms with Crippen LogP contribution in [0, 0.1) is 0 Å². The molecule has 17 heavy (non-hydrogen) atoms. The van der Waals surface area contributed by atoms with E-state index in [2.05, 4.69) is 5.10 Å². The summed E-state index contributed by atoms with van der Waals surface area (Å²) in [5, 5.41) is 23.0. The van der Waals surface area contributed by atoms with Crippen molar-refractivity contribution >= 4 is 35.9 Å². The molecule has 4 nitrogen and oxygen atoms in total. The van der Waals surface area contributed by atoms with E-state index in [9.17, 15) is 0 Å². The monoisotopic (exact) mass is 270 g/mol. The van der Waals surface area contributed by atoms with E-state index >= 15 is 0 Å². The number of aromatic nitrogens is 2. The van der Waals surface area contributed by atoms with Gasteiger partial charge < -0.3 is 10.0 Å². The fourth-order valence-corrected chi connectivity index (χ4v) is 1.90. The standard InChI is InChI=1S/C10H9BCl2N2O2/c12-8-2-1-7(9(13)5-8)6-15-4-3-10(14-15)11(16)17/h1-5,16-17H,6H2. The second-order valence-electron chi connectivity index (χ2n) is 3.55. The third-order valence-corrected chi connectivity index (χ3v) is 2.86. The van der Waals surface area contributed by atoms with Gasteiger partial charge in [0.1, 0.15) is 0 Å². The Hall–Kier alpha value is -1.01. The van der Waals surface area contributed by atoms with Gasteiger partial charge in [0.15, 0.2) is 0 Å². The first-order valence-electron chi connectivity index (χ1n) is 4.89. The molecule has 0 radical (unpaired) electrons. The van der Waals surface area contributed by atoms with Crippen molar-refractivity contribution in [3.05, 3.63) is 46.1 Å². The van der Waals surface area contributed by atoms with Crippen molar-refractivity contribution in [1.82, 2.24) is 9.78 Å². The molecular weight excluding hydrogens is 262 g/mol. The van der Waals surface area contributed by atoms with Crippen molar-refractivity contribution < 1.29 is 10.0 Å². The third kappa shape index (κ3) is 3.01. The quantitative estimate of drug-likeness (QED) is 0.816. The molecule has 0 aliphatic carbocycles. The van der Waals surface area contributed by atoms with Crippen LogP contribution in [0.1, 0.15) is 5.56 Å². The fourth-order valence-electron chi connectivity index (χ4n) is 1.43. The number of nitrogens with zero attached hydrogens (tertiary/aromatic N) is 2. The SMILES string of the molecule is OB(O)c1ccn(Cc2ccc(Cl)cc2Cl)n1. The normalized spacial score (nSPS) is 10.6. The maximum atomic E-state index is 8.93. The molecule has 1 aromatic heterocycles.